The van der Waals surface area contributed by atoms with Gasteiger partial charge in [0.1, 0.15) is 0 Å². The summed E-state index contributed by atoms with van der Waals surface area (Å²) >= 11 is 0. The Morgan fingerprint density at radius 1 is 1.13 bits per heavy atom. The van der Waals surface area contributed by atoms with E-state index in [1.54, 1.807) is 13.0 Å². The second kappa shape index (κ2) is 10.4. The van der Waals surface area contributed by atoms with E-state index in [4.69, 9.17) is 9.84 Å². The van der Waals surface area contributed by atoms with Crippen LogP contribution in [0.4, 0.5) is 0 Å². The summed E-state index contributed by atoms with van der Waals surface area (Å²) < 4.78 is 5.03. The van der Waals surface area contributed by atoms with Crippen molar-refractivity contribution in [2.24, 2.45) is 0 Å². The van der Waals surface area contributed by atoms with Crippen LogP contribution in [-0.4, -0.2) is 23.7 Å². The number of rotatable bonds is 10. The van der Waals surface area contributed by atoms with Gasteiger partial charge in [0.25, 0.3) is 0 Å². The van der Waals surface area contributed by atoms with Gasteiger partial charge in [-0.05, 0) is 43.4 Å². The average molecular weight is 316 g/mol. The second-order valence-corrected chi connectivity index (χ2v) is 5.49. The fourth-order valence-corrected chi connectivity index (χ4v) is 2.04. The van der Waals surface area contributed by atoms with Gasteiger partial charge in [0, 0.05) is 11.6 Å². The summed E-state index contributed by atoms with van der Waals surface area (Å²) in [5, 5.41) is 8.57. The molecular formula is C19H24O4. The number of carbonyl (C=O) groups excluding carboxylic acids is 1. The van der Waals surface area contributed by atoms with Crippen LogP contribution in [0.1, 0.15) is 43.7 Å². The molecule has 0 heterocycles. The molecule has 1 aromatic rings. The third kappa shape index (κ3) is 8.61. The average Bonchev–Trinajstić information content (AvgIpc) is 2.52. The lowest BCUT2D eigenvalue weighted by Gasteiger charge is -2.05. The Balaban J connectivity index is 2.15. The first-order valence-electron chi connectivity index (χ1n) is 7.81. The number of aliphatic carboxylic acids is 1. The van der Waals surface area contributed by atoms with Crippen molar-refractivity contribution in [2.75, 3.05) is 6.61 Å². The van der Waals surface area contributed by atoms with E-state index in [2.05, 4.69) is 6.58 Å². The Morgan fingerprint density at radius 2 is 1.78 bits per heavy atom. The molecule has 0 amide bonds. The van der Waals surface area contributed by atoms with E-state index in [-0.39, 0.29) is 5.97 Å². The smallest absolute Gasteiger partial charge is 0.333 e. The lowest BCUT2D eigenvalue weighted by atomic mass is 10.0. The number of carboxylic acid groups (broad SMARTS) is 1. The molecule has 0 spiro atoms. The van der Waals surface area contributed by atoms with Crippen LogP contribution in [0, 0.1) is 0 Å². The number of carboxylic acids is 1. The molecule has 0 aromatic heterocycles. The number of hydrogen-bond donors (Lipinski definition) is 1. The van der Waals surface area contributed by atoms with Gasteiger partial charge in [-0.1, -0.05) is 43.7 Å². The van der Waals surface area contributed by atoms with E-state index in [1.165, 1.54) is 5.56 Å². The van der Waals surface area contributed by atoms with Gasteiger partial charge in [0.15, 0.2) is 0 Å². The van der Waals surface area contributed by atoms with Crippen molar-refractivity contribution in [3.8, 4) is 0 Å². The quantitative estimate of drug-likeness (QED) is 0.402. The van der Waals surface area contributed by atoms with Crippen LogP contribution in [0.2, 0.25) is 0 Å². The highest BCUT2D eigenvalue weighted by Crippen LogP contribution is 2.11. The molecular weight excluding hydrogens is 292 g/mol. The Bertz CT molecular complexity index is 555. The molecule has 0 unspecified atom stereocenters. The predicted octanol–water partition coefficient (Wildman–Crippen LogP) is 4.01. The monoisotopic (exact) mass is 316 g/mol. The first-order valence-corrected chi connectivity index (χ1v) is 7.81. The summed E-state index contributed by atoms with van der Waals surface area (Å²) in [6.45, 7) is 5.63. The van der Waals surface area contributed by atoms with Gasteiger partial charge in [0.2, 0.25) is 0 Å². The second-order valence-electron chi connectivity index (χ2n) is 5.49. The van der Waals surface area contributed by atoms with Crippen LogP contribution in [0.3, 0.4) is 0 Å². The maximum atomic E-state index is 11.2. The maximum absolute atomic E-state index is 11.2. The normalized spacial score (nSPS) is 10.7. The zero-order chi connectivity index (χ0) is 17.1. The standard InChI is InChI=1S/C19H24O4/c1-15(2)19(22)23-14-6-4-3-5-7-16-8-10-17(11-9-16)12-13-18(20)21/h8-13H,1,3-7,14H2,2H3,(H,20,21). The fourth-order valence-electron chi connectivity index (χ4n) is 2.04. The Labute approximate surface area is 137 Å². The van der Waals surface area contributed by atoms with Gasteiger partial charge in [0.05, 0.1) is 6.61 Å². The van der Waals surface area contributed by atoms with Crippen molar-refractivity contribution < 1.29 is 19.4 Å². The van der Waals surface area contributed by atoms with Crippen LogP contribution in [0.5, 0.6) is 0 Å². The van der Waals surface area contributed by atoms with Crippen molar-refractivity contribution in [1.82, 2.24) is 0 Å². The summed E-state index contributed by atoms with van der Waals surface area (Å²) in [5.41, 5.74) is 2.56. The molecule has 0 aliphatic rings. The minimum atomic E-state index is -0.942. The Kier molecular flexibility index (Phi) is 8.43. The van der Waals surface area contributed by atoms with Crippen LogP contribution >= 0.6 is 0 Å². The summed E-state index contributed by atoms with van der Waals surface area (Å²) in [4.78, 5) is 21.6. The number of unbranched alkanes of at least 4 members (excludes halogenated alkanes) is 3. The molecule has 0 bridgehead atoms. The van der Waals surface area contributed by atoms with Gasteiger partial charge < -0.3 is 9.84 Å². The van der Waals surface area contributed by atoms with E-state index >= 15 is 0 Å². The predicted molar refractivity (Wildman–Crippen MR) is 91.1 cm³/mol. The van der Waals surface area contributed by atoms with Crippen molar-refractivity contribution in [2.45, 2.75) is 39.0 Å². The largest absolute Gasteiger partial charge is 0.478 e. The van der Waals surface area contributed by atoms with E-state index in [0.29, 0.717) is 12.2 Å². The number of benzene rings is 1. The Hall–Kier alpha value is -2.36. The Morgan fingerprint density at radius 3 is 2.39 bits per heavy atom. The molecule has 0 aliphatic heterocycles. The fraction of sp³-hybridized carbons (Fsp3) is 0.368. The number of carbonyl (C=O) groups is 2. The van der Waals surface area contributed by atoms with E-state index < -0.39 is 5.97 Å². The molecule has 4 heteroatoms. The molecule has 124 valence electrons. The molecule has 0 saturated carbocycles. The zero-order valence-corrected chi connectivity index (χ0v) is 13.6. The number of esters is 1. The number of ether oxygens (including phenoxy) is 1. The highest BCUT2D eigenvalue weighted by Gasteiger charge is 2.01. The van der Waals surface area contributed by atoms with Gasteiger partial charge in [-0.3, -0.25) is 0 Å². The van der Waals surface area contributed by atoms with E-state index in [1.807, 2.05) is 24.3 Å². The topological polar surface area (TPSA) is 63.6 Å². The molecule has 0 saturated heterocycles. The van der Waals surface area contributed by atoms with Crippen molar-refractivity contribution in [3.05, 3.63) is 53.6 Å². The van der Waals surface area contributed by atoms with Crippen molar-refractivity contribution >= 4 is 18.0 Å². The summed E-state index contributed by atoms with van der Waals surface area (Å²) in [6, 6.07) is 7.89. The molecule has 0 atom stereocenters. The van der Waals surface area contributed by atoms with Crippen LogP contribution < -0.4 is 0 Å². The van der Waals surface area contributed by atoms with Gasteiger partial charge >= 0.3 is 11.9 Å². The van der Waals surface area contributed by atoms with Crippen molar-refractivity contribution in [3.63, 3.8) is 0 Å². The van der Waals surface area contributed by atoms with Gasteiger partial charge in [-0.2, -0.15) is 0 Å². The van der Waals surface area contributed by atoms with Crippen LogP contribution in [0.25, 0.3) is 6.08 Å². The SMILES string of the molecule is C=C(C)C(=O)OCCCCCCc1ccc(C=CC(=O)O)cc1. The first-order chi connectivity index (χ1) is 11.0. The molecule has 0 radical (unpaired) electrons. The molecule has 1 N–H and O–H groups in total. The molecule has 1 aromatic carbocycles. The molecule has 23 heavy (non-hydrogen) atoms. The molecule has 0 aliphatic carbocycles. The number of aryl methyl sites for hydroxylation is 1. The van der Waals surface area contributed by atoms with Crippen LogP contribution in [0.15, 0.2) is 42.5 Å². The van der Waals surface area contributed by atoms with E-state index in [9.17, 15) is 9.59 Å². The lowest BCUT2D eigenvalue weighted by Crippen LogP contribution is -2.06. The van der Waals surface area contributed by atoms with Crippen molar-refractivity contribution in [1.29, 1.82) is 0 Å². The van der Waals surface area contributed by atoms with Crippen LogP contribution in [-0.2, 0) is 20.7 Å². The minimum Gasteiger partial charge on any atom is -0.478 e. The highest BCUT2D eigenvalue weighted by atomic mass is 16.5. The molecule has 1 rings (SSSR count). The third-order valence-electron chi connectivity index (χ3n) is 3.34. The lowest BCUT2D eigenvalue weighted by molar-refractivity contribution is -0.139. The zero-order valence-electron chi connectivity index (χ0n) is 13.6. The van der Waals surface area contributed by atoms with Gasteiger partial charge in [-0.25, -0.2) is 9.59 Å². The highest BCUT2D eigenvalue weighted by molar-refractivity contribution is 5.86. The summed E-state index contributed by atoms with van der Waals surface area (Å²) in [7, 11) is 0. The molecule has 0 fully saturated rings. The van der Waals surface area contributed by atoms with E-state index in [0.717, 1.165) is 43.7 Å². The van der Waals surface area contributed by atoms with Gasteiger partial charge in [-0.15, -0.1) is 0 Å². The summed E-state index contributed by atoms with van der Waals surface area (Å²) in [6.07, 6.45) is 7.79. The number of hydrogen-bond acceptors (Lipinski definition) is 3. The molecule has 4 nitrogen and oxygen atoms in total. The maximum Gasteiger partial charge on any atom is 0.333 e. The minimum absolute atomic E-state index is 0.318. The summed E-state index contributed by atoms with van der Waals surface area (Å²) in [5.74, 6) is -1.26. The third-order valence-corrected chi connectivity index (χ3v) is 3.34. The first kappa shape index (κ1) is 18.7.